The summed E-state index contributed by atoms with van der Waals surface area (Å²) in [6, 6.07) is 14.6. The summed E-state index contributed by atoms with van der Waals surface area (Å²) in [4.78, 5) is 14.2. The second kappa shape index (κ2) is 5.63. The van der Waals surface area contributed by atoms with Crippen LogP contribution in [0.25, 0.3) is 10.8 Å². The summed E-state index contributed by atoms with van der Waals surface area (Å²) in [6.45, 7) is 2.45. The van der Waals surface area contributed by atoms with Gasteiger partial charge in [-0.25, -0.2) is 0 Å². The molecule has 1 fully saturated rings. The zero-order valence-electron chi connectivity index (χ0n) is 11.8. The minimum atomic E-state index is 0.148. The van der Waals surface area contributed by atoms with Crippen molar-refractivity contribution in [3.8, 4) is 0 Å². The molecular formula is C17H20N2O. The zero-order chi connectivity index (χ0) is 13.9. The predicted molar refractivity (Wildman–Crippen MR) is 81.4 cm³/mol. The van der Waals surface area contributed by atoms with Crippen LogP contribution < -0.4 is 5.32 Å². The number of carbonyl (C=O) groups is 1. The van der Waals surface area contributed by atoms with Gasteiger partial charge in [-0.05, 0) is 29.3 Å². The molecule has 3 heteroatoms. The van der Waals surface area contributed by atoms with Crippen LogP contribution in [0.1, 0.15) is 12.0 Å². The third-order valence-corrected chi connectivity index (χ3v) is 4.07. The summed E-state index contributed by atoms with van der Waals surface area (Å²) < 4.78 is 0. The molecule has 20 heavy (non-hydrogen) atoms. The van der Waals surface area contributed by atoms with Crippen molar-refractivity contribution in [3.05, 3.63) is 48.0 Å². The molecule has 1 aliphatic heterocycles. The number of rotatable bonds is 3. The van der Waals surface area contributed by atoms with Gasteiger partial charge in [0.05, 0.1) is 5.92 Å². The first-order valence-corrected chi connectivity index (χ1v) is 7.18. The molecule has 1 N–H and O–H groups in total. The van der Waals surface area contributed by atoms with Crippen LogP contribution in [0.15, 0.2) is 42.5 Å². The maximum Gasteiger partial charge on any atom is 0.227 e. The van der Waals surface area contributed by atoms with E-state index in [1.807, 2.05) is 18.0 Å². The monoisotopic (exact) mass is 268 g/mol. The standard InChI is InChI=1S/C17H20N2O/c1-19(17(20)14-9-10-18-11-14)12-15-7-4-6-13-5-2-3-8-16(13)15/h2-8,14,18H,9-12H2,1H3. The van der Waals surface area contributed by atoms with Gasteiger partial charge in [-0.1, -0.05) is 42.5 Å². The fourth-order valence-electron chi connectivity index (χ4n) is 2.94. The quantitative estimate of drug-likeness (QED) is 0.927. The molecule has 0 saturated carbocycles. The number of hydrogen-bond acceptors (Lipinski definition) is 2. The lowest BCUT2D eigenvalue weighted by molar-refractivity contribution is -0.134. The van der Waals surface area contributed by atoms with Crippen LogP contribution in [0.4, 0.5) is 0 Å². The number of fused-ring (bicyclic) bond motifs is 1. The van der Waals surface area contributed by atoms with Crippen molar-refractivity contribution in [3.63, 3.8) is 0 Å². The van der Waals surface area contributed by atoms with Gasteiger partial charge >= 0.3 is 0 Å². The molecule has 0 aromatic heterocycles. The van der Waals surface area contributed by atoms with E-state index in [1.165, 1.54) is 16.3 Å². The third kappa shape index (κ3) is 2.54. The Hall–Kier alpha value is -1.87. The van der Waals surface area contributed by atoms with Gasteiger partial charge in [0.1, 0.15) is 0 Å². The molecule has 3 rings (SSSR count). The van der Waals surface area contributed by atoms with E-state index in [0.29, 0.717) is 6.54 Å². The normalized spacial score (nSPS) is 18.4. The molecule has 0 aliphatic carbocycles. The molecule has 1 aliphatic rings. The van der Waals surface area contributed by atoms with Crippen LogP contribution in [-0.4, -0.2) is 30.9 Å². The summed E-state index contributed by atoms with van der Waals surface area (Å²) in [5.74, 6) is 0.401. The van der Waals surface area contributed by atoms with Crippen molar-refractivity contribution in [2.75, 3.05) is 20.1 Å². The maximum absolute atomic E-state index is 12.4. The fourth-order valence-corrected chi connectivity index (χ4v) is 2.94. The highest BCUT2D eigenvalue weighted by Gasteiger charge is 2.25. The zero-order valence-corrected chi connectivity index (χ0v) is 11.8. The number of nitrogens with zero attached hydrogens (tertiary/aromatic N) is 1. The second-order valence-electron chi connectivity index (χ2n) is 5.52. The van der Waals surface area contributed by atoms with Crippen molar-refractivity contribution in [2.24, 2.45) is 5.92 Å². The minimum Gasteiger partial charge on any atom is -0.341 e. The van der Waals surface area contributed by atoms with Gasteiger partial charge in [0, 0.05) is 20.1 Å². The van der Waals surface area contributed by atoms with Crippen LogP contribution >= 0.6 is 0 Å². The first-order valence-electron chi connectivity index (χ1n) is 7.18. The number of nitrogens with one attached hydrogen (secondary N) is 1. The first kappa shape index (κ1) is 13.1. The second-order valence-corrected chi connectivity index (χ2v) is 5.52. The predicted octanol–water partition coefficient (Wildman–Crippen LogP) is 2.41. The number of carbonyl (C=O) groups excluding carboxylic acids is 1. The van der Waals surface area contributed by atoms with Crippen LogP contribution in [-0.2, 0) is 11.3 Å². The Morgan fingerprint density at radius 3 is 2.85 bits per heavy atom. The highest BCUT2D eigenvalue weighted by Crippen LogP contribution is 2.20. The number of benzene rings is 2. The van der Waals surface area contributed by atoms with E-state index in [9.17, 15) is 4.79 Å². The Morgan fingerprint density at radius 2 is 2.05 bits per heavy atom. The van der Waals surface area contributed by atoms with Crippen molar-refractivity contribution in [2.45, 2.75) is 13.0 Å². The summed E-state index contributed by atoms with van der Waals surface area (Å²) >= 11 is 0. The largest absolute Gasteiger partial charge is 0.341 e. The molecule has 3 nitrogen and oxygen atoms in total. The van der Waals surface area contributed by atoms with Gasteiger partial charge in [-0.3, -0.25) is 4.79 Å². The maximum atomic E-state index is 12.4. The summed E-state index contributed by atoms with van der Waals surface area (Å²) in [7, 11) is 1.91. The minimum absolute atomic E-state index is 0.148. The van der Waals surface area contributed by atoms with E-state index < -0.39 is 0 Å². The Kier molecular flexibility index (Phi) is 3.70. The highest BCUT2D eigenvalue weighted by molar-refractivity contribution is 5.86. The van der Waals surface area contributed by atoms with Gasteiger partial charge in [-0.15, -0.1) is 0 Å². The van der Waals surface area contributed by atoms with E-state index >= 15 is 0 Å². The van der Waals surface area contributed by atoms with E-state index in [1.54, 1.807) is 0 Å². The molecule has 1 atom stereocenters. The van der Waals surface area contributed by atoms with Crippen molar-refractivity contribution in [1.82, 2.24) is 10.2 Å². The van der Waals surface area contributed by atoms with E-state index in [0.717, 1.165) is 19.5 Å². The van der Waals surface area contributed by atoms with E-state index in [4.69, 9.17) is 0 Å². The van der Waals surface area contributed by atoms with Gasteiger partial charge in [0.2, 0.25) is 5.91 Å². The Balaban J connectivity index is 1.80. The molecule has 104 valence electrons. The Bertz CT molecular complexity index is 612. The van der Waals surface area contributed by atoms with E-state index in [-0.39, 0.29) is 11.8 Å². The first-order chi connectivity index (χ1) is 9.75. The number of hydrogen-bond donors (Lipinski definition) is 1. The molecular weight excluding hydrogens is 248 g/mol. The summed E-state index contributed by atoms with van der Waals surface area (Å²) in [6.07, 6.45) is 0.957. The van der Waals surface area contributed by atoms with Crippen molar-refractivity contribution >= 4 is 16.7 Å². The topological polar surface area (TPSA) is 32.3 Å². The van der Waals surface area contributed by atoms with Crippen molar-refractivity contribution in [1.29, 1.82) is 0 Å². The average Bonchev–Trinajstić information content (AvgIpc) is 3.01. The molecule has 0 radical (unpaired) electrons. The smallest absolute Gasteiger partial charge is 0.227 e. The molecule has 0 spiro atoms. The highest BCUT2D eigenvalue weighted by atomic mass is 16.2. The lowest BCUT2D eigenvalue weighted by Crippen LogP contribution is -2.33. The SMILES string of the molecule is CN(Cc1cccc2ccccc12)C(=O)C1CCNC1. The van der Waals surface area contributed by atoms with Crippen molar-refractivity contribution < 1.29 is 4.79 Å². The molecule has 1 amide bonds. The fraction of sp³-hybridized carbons (Fsp3) is 0.353. The van der Waals surface area contributed by atoms with Crippen LogP contribution in [0.3, 0.4) is 0 Å². The van der Waals surface area contributed by atoms with Crippen LogP contribution in [0, 0.1) is 5.92 Å². The van der Waals surface area contributed by atoms with Gasteiger partial charge in [0.15, 0.2) is 0 Å². The molecule has 1 unspecified atom stereocenters. The molecule has 1 saturated heterocycles. The summed E-state index contributed by atoms with van der Waals surface area (Å²) in [5.41, 5.74) is 1.21. The van der Waals surface area contributed by atoms with Gasteiger partial charge < -0.3 is 10.2 Å². The van der Waals surface area contributed by atoms with E-state index in [2.05, 4.69) is 41.7 Å². The Labute approximate surface area is 119 Å². The summed E-state index contributed by atoms with van der Waals surface area (Å²) in [5, 5.41) is 5.72. The molecule has 0 bridgehead atoms. The lowest BCUT2D eigenvalue weighted by atomic mass is 10.0. The molecule has 2 aromatic rings. The third-order valence-electron chi connectivity index (χ3n) is 4.07. The van der Waals surface area contributed by atoms with Crippen LogP contribution in [0.5, 0.6) is 0 Å². The Morgan fingerprint density at radius 1 is 1.25 bits per heavy atom. The van der Waals surface area contributed by atoms with Crippen LogP contribution in [0.2, 0.25) is 0 Å². The van der Waals surface area contributed by atoms with Gasteiger partial charge in [-0.2, -0.15) is 0 Å². The molecule has 1 heterocycles. The molecule has 2 aromatic carbocycles. The lowest BCUT2D eigenvalue weighted by Gasteiger charge is -2.21. The van der Waals surface area contributed by atoms with Gasteiger partial charge in [0.25, 0.3) is 0 Å². The number of amides is 1. The average molecular weight is 268 g/mol.